The van der Waals surface area contributed by atoms with Crippen molar-refractivity contribution in [2.45, 2.75) is 53.4 Å². The Labute approximate surface area is 152 Å². The first kappa shape index (κ1) is 19.2. The van der Waals surface area contributed by atoms with Crippen LogP contribution in [0.3, 0.4) is 0 Å². The molecular formula is C23H31NO. The minimum absolute atomic E-state index is 0.0354. The molecule has 0 spiro atoms. The first-order chi connectivity index (χ1) is 11.8. The van der Waals surface area contributed by atoms with Gasteiger partial charge in [-0.2, -0.15) is 0 Å². The second-order valence-corrected chi connectivity index (χ2v) is 7.85. The summed E-state index contributed by atoms with van der Waals surface area (Å²) in [5, 5.41) is 3.03. The number of anilines is 1. The molecule has 0 fully saturated rings. The summed E-state index contributed by atoms with van der Waals surface area (Å²) in [4.78, 5) is 12.5. The van der Waals surface area contributed by atoms with Gasteiger partial charge in [0.25, 0.3) is 0 Å². The summed E-state index contributed by atoms with van der Waals surface area (Å²) < 4.78 is 0. The van der Waals surface area contributed by atoms with E-state index < -0.39 is 0 Å². The molecule has 0 bridgehead atoms. The molecule has 0 saturated carbocycles. The lowest BCUT2D eigenvalue weighted by Crippen LogP contribution is -2.18. The third-order valence-electron chi connectivity index (χ3n) is 4.38. The summed E-state index contributed by atoms with van der Waals surface area (Å²) in [5.74, 6) is 1.15. The molecule has 2 nitrogen and oxygen atoms in total. The van der Waals surface area contributed by atoms with E-state index >= 15 is 0 Å². The lowest BCUT2D eigenvalue weighted by molar-refractivity contribution is -0.117. The Morgan fingerprint density at radius 3 is 1.64 bits per heavy atom. The van der Waals surface area contributed by atoms with E-state index in [4.69, 9.17) is 0 Å². The van der Waals surface area contributed by atoms with Gasteiger partial charge >= 0.3 is 0 Å². The molecule has 0 aliphatic carbocycles. The molecule has 0 saturated heterocycles. The molecule has 0 aliphatic heterocycles. The van der Waals surface area contributed by atoms with Crippen molar-refractivity contribution in [3.63, 3.8) is 0 Å². The summed E-state index contributed by atoms with van der Waals surface area (Å²) in [6, 6.07) is 16.6. The van der Waals surface area contributed by atoms with Crippen molar-refractivity contribution in [3.8, 4) is 0 Å². The summed E-state index contributed by atoms with van der Waals surface area (Å²) >= 11 is 0. The van der Waals surface area contributed by atoms with Crippen molar-refractivity contribution in [2.75, 3.05) is 5.32 Å². The maximum atomic E-state index is 12.5. The molecule has 2 rings (SSSR count). The van der Waals surface area contributed by atoms with E-state index in [9.17, 15) is 4.79 Å². The average molecular weight is 338 g/mol. The number of benzene rings is 2. The van der Waals surface area contributed by atoms with Crippen molar-refractivity contribution < 1.29 is 4.79 Å². The highest BCUT2D eigenvalue weighted by molar-refractivity contribution is 5.95. The molecule has 0 heterocycles. The number of amides is 1. The summed E-state index contributed by atoms with van der Waals surface area (Å²) in [5.41, 5.74) is 4.55. The first-order valence-electron chi connectivity index (χ1n) is 9.33. The van der Waals surface area contributed by atoms with Crippen LogP contribution in [0.4, 0.5) is 5.69 Å². The van der Waals surface area contributed by atoms with Crippen LogP contribution in [-0.2, 0) is 17.6 Å². The van der Waals surface area contributed by atoms with Gasteiger partial charge in [-0.3, -0.25) is 4.79 Å². The second-order valence-electron chi connectivity index (χ2n) is 7.85. The fourth-order valence-electron chi connectivity index (χ4n) is 3.01. The smallest absolute Gasteiger partial charge is 0.231 e. The molecule has 0 radical (unpaired) electrons. The maximum Gasteiger partial charge on any atom is 0.231 e. The predicted molar refractivity (Wildman–Crippen MR) is 107 cm³/mol. The topological polar surface area (TPSA) is 29.1 Å². The quantitative estimate of drug-likeness (QED) is 0.677. The van der Waals surface area contributed by atoms with E-state index in [2.05, 4.69) is 69.4 Å². The normalized spacial score (nSPS) is 12.4. The van der Waals surface area contributed by atoms with Crippen LogP contribution in [-0.4, -0.2) is 5.91 Å². The largest absolute Gasteiger partial charge is 0.326 e. The van der Waals surface area contributed by atoms with Crippen molar-refractivity contribution >= 4 is 11.6 Å². The molecule has 0 unspecified atom stereocenters. The van der Waals surface area contributed by atoms with Crippen LogP contribution in [0, 0.1) is 11.8 Å². The number of carbonyl (C=O) groups excluding carboxylic acids is 1. The lowest BCUT2D eigenvalue weighted by Gasteiger charge is -2.14. The maximum absolute atomic E-state index is 12.5. The van der Waals surface area contributed by atoms with Gasteiger partial charge in [-0.25, -0.2) is 0 Å². The van der Waals surface area contributed by atoms with Crippen LogP contribution in [0.5, 0.6) is 0 Å². The van der Waals surface area contributed by atoms with Gasteiger partial charge in [-0.1, -0.05) is 64.1 Å². The highest BCUT2D eigenvalue weighted by atomic mass is 16.1. The molecule has 1 amide bonds. The Hall–Kier alpha value is -2.09. The minimum atomic E-state index is -0.163. The molecule has 25 heavy (non-hydrogen) atoms. The van der Waals surface area contributed by atoms with Gasteiger partial charge in [0, 0.05) is 5.69 Å². The zero-order valence-corrected chi connectivity index (χ0v) is 16.2. The minimum Gasteiger partial charge on any atom is -0.326 e. The Balaban J connectivity index is 1.97. The molecule has 134 valence electrons. The molecular weight excluding hydrogens is 306 g/mol. The van der Waals surface area contributed by atoms with Gasteiger partial charge in [0.05, 0.1) is 5.92 Å². The summed E-state index contributed by atoms with van der Waals surface area (Å²) in [7, 11) is 0. The highest BCUT2D eigenvalue weighted by Crippen LogP contribution is 2.20. The molecule has 2 heteroatoms. The molecule has 1 atom stereocenters. The standard InChI is InChI=1S/C23H31NO/c1-16(2)14-19-6-10-21(11-7-19)18(5)23(25)24-22-12-8-20(9-13-22)15-17(3)4/h6-13,16-18H,14-15H2,1-5H3,(H,24,25)/t18-/m1/s1. The van der Waals surface area contributed by atoms with Crippen LogP contribution in [0.2, 0.25) is 0 Å². The predicted octanol–water partition coefficient (Wildman–Crippen LogP) is 5.83. The Bertz CT molecular complexity index is 668. The van der Waals surface area contributed by atoms with Gasteiger partial charge in [0.1, 0.15) is 0 Å². The third-order valence-corrected chi connectivity index (χ3v) is 4.38. The van der Waals surface area contributed by atoms with Crippen LogP contribution >= 0.6 is 0 Å². The Kier molecular flexibility index (Phi) is 6.81. The van der Waals surface area contributed by atoms with Gasteiger partial charge in [0.15, 0.2) is 0 Å². The van der Waals surface area contributed by atoms with Crippen molar-refractivity contribution in [3.05, 3.63) is 65.2 Å². The summed E-state index contributed by atoms with van der Waals surface area (Å²) in [6.45, 7) is 10.8. The van der Waals surface area contributed by atoms with E-state index in [1.807, 2.05) is 19.1 Å². The van der Waals surface area contributed by atoms with Gasteiger partial charge < -0.3 is 5.32 Å². The van der Waals surface area contributed by atoms with Crippen LogP contribution in [0.1, 0.15) is 57.2 Å². The fraction of sp³-hybridized carbons (Fsp3) is 0.435. The van der Waals surface area contributed by atoms with Gasteiger partial charge in [-0.15, -0.1) is 0 Å². The lowest BCUT2D eigenvalue weighted by atomic mass is 9.96. The molecule has 1 N–H and O–H groups in total. The zero-order chi connectivity index (χ0) is 18.4. The zero-order valence-electron chi connectivity index (χ0n) is 16.2. The highest BCUT2D eigenvalue weighted by Gasteiger charge is 2.15. The number of nitrogens with one attached hydrogen (secondary N) is 1. The van der Waals surface area contributed by atoms with Crippen molar-refractivity contribution in [1.82, 2.24) is 0 Å². The second kappa shape index (κ2) is 8.84. The average Bonchev–Trinajstić information content (AvgIpc) is 2.55. The molecule has 2 aromatic rings. The summed E-state index contributed by atoms with van der Waals surface area (Å²) in [6.07, 6.45) is 2.14. The van der Waals surface area contributed by atoms with Gasteiger partial charge in [0.2, 0.25) is 5.91 Å². The van der Waals surface area contributed by atoms with Crippen molar-refractivity contribution in [1.29, 1.82) is 0 Å². The molecule has 2 aromatic carbocycles. The number of carbonyl (C=O) groups is 1. The molecule has 0 aromatic heterocycles. The van der Waals surface area contributed by atoms with E-state index in [-0.39, 0.29) is 11.8 Å². The monoisotopic (exact) mass is 337 g/mol. The van der Waals surface area contributed by atoms with Crippen molar-refractivity contribution in [2.24, 2.45) is 11.8 Å². The SMILES string of the molecule is CC(C)Cc1ccc(NC(=O)[C@H](C)c2ccc(CC(C)C)cc2)cc1. The van der Waals surface area contributed by atoms with E-state index in [1.165, 1.54) is 11.1 Å². The number of hydrogen-bond acceptors (Lipinski definition) is 1. The number of rotatable bonds is 7. The van der Waals surface area contributed by atoms with E-state index in [1.54, 1.807) is 0 Å². The number of hydrogen-bond donors (Lipinski definition) is 1. The van der Waals surface area contributed by atoms with Crippen LogP contribution in [0.25, 0.3) is 0 Å². The van der Waals surface area contributed by atoms with E-state index in [0.29, 0.717) is 11.8 Å². The van der Waals surface area contributed by atoms with Crippen LogP contribution in [0.15, 0.2) is 48.5 Å². The first-order valence-corrected chi connectivity index (χ1v) is 9.33. The van der Waals surface area contributed by atoms with Crippen LogP contribution < -0.4 is 5.32 Å². The van der Waals surface area contributed by atoms with E-state index in [0.717, 1.165) is 24.1 Å². The van der Waals surface area contributed by atoms with Gasteiger partial charge in [-0.05, 0) is 60.4 Å². The molecule has 0 aliphatic rings. The Morgan fingerprint density at radius 1 is 0.760 bits per heavy atom. The third kappa shape index (κ3) is 6.04. The Morgan fingerprint density at radius 2 is 1.20 bits per heavy atom. The fourth-order valence-corrected chi connectivity index (χ4v) is 3.01.